The molecule has 1 fully saturated rings. The molecule has 1 N–H and O–H groups in total. The maximum absolute atomic E-state index is 12.6. The number of oxime groups is 1. The van der Waals surface area contributed by atoms with Crippen molar-refractivity contribution in [3.05, 3.63) is 60.4 Å². The fraction of sp³-hybridized carbons (Fsp3) is 0.364. The highest BCUT2D eigenvalue weighted by molar-refractivity contribution is 6.39. The molecular weight excluding hydrogens is 384 g/mol. The lowest BCUT2D eigenvalue weighted by atomic mass is 9.88. The van der Waals surface area contributed by atoms with Crippen LogP contribution in [0, 0.1) is 0 Å². The van der Waals surface area contributed by atoms with Gasteiger partial charge >= 0.3 is 0 Å². The number of likely N-dealkylation sites (tertiary alicyclic amines) is 1. The third-order valence-corrected chi connectivity index (χ3v) is 5.30. The monoisotopic (exact) mass is 408 g/mol. The van der Waals surface area contributed by atoms with Crippen LogP contribution in [-0.4, -0.2) is 52.7 Å². The fourth-order valence-electron chi connectivity index (χ4n) is 3.71. The number of ether oxygens (including phenoxy) is 1. The van der Waals surface area contributed by atoms with Crippen LogP contribution >= 0.6 is 0 Å². The number of benzene rings is 1. The fourth-order valence-corrected chi connectivity index (χ4v) is 3.71. The molecule has 1 unspecified atom stereocenters. The maximum Gasteiger partial charge on any atom is 0.269 e. The number of para-hydroxylation sites is 1. The van der Waals surface area contributed by atoms with Crippen LogP contribution in [0.4, 0.5) is 0 Å². The van der Waals surface area contributed by atoms with Gasteiger partial charge in [-0.15, -0.1) is 0 Å². The average Bonchev–Trinajstić information content (AvgIpc) is 3.20. The molecule has 1 spiro atoms. The van der Waals surface area contributed by atoms with E-state index >= 15 is 0 Å². The third-order valence-electron chi connectivity index (χ3n) is 5.30. The van der Waals surface area contributed by atoms with Gasteiger partial charge in [-0.3, -0.25) is 14.6 Å². The largest absolute Gasteiger partial charge is 0.484 e. The summed E-state index contributed by atoms with van der Waals surface area (Å²) in [5.41, 5.74) is 0.684. The molecule has 8 heteroatoms. The summed E-state index contributed by atoms with van der Waals surface area (Å²) in [5.74, 6) is 0.308. The van der Waals surface area contributed by atoms with Gasteiger partial charge in [0.15, 0.2) is 12.2 Å². The second kappa shape index (κ2) is 8.94. The van der Waals surface area contributed by atoms with Gasteiger partial charge in [0.1, 0.15) is 11.5 Å². The Bertz CT molecular complexity index is 919. The van der Waals surface area contributed by atoms with Crippen molar-refractivity contribution in [2.75, 3.05) is 19.7 Å². The van der Waals surface area contributed by atoms with E-state index in [2.05, 4.69) is 15.5 Å². The first-order valence-corrected chi connectivity index (χ1v) is 10.0. The van der Waals surface area contributed by atoms with Crippen LogP contribution in [-0.2, 0) is 21.0 Å². The van der Waals surface area contributed by atoms with Crippen LogP contribution in [0.3, 0.4) is 0 Å². The molecule has 0 radical (unpaired) electrons. The molecule has 1 atom stereocenters. The van der Waals surface area contributed by atoms with Crippen molar-refractivity contribution >= 4 is 17.5 Å². The predicted octanol–water partition coefficient (Wildman–Crippen LogP) is 1.91. The Labute approximate surface area is 174 Å². The van der Waals surface area contributed by atoms with Crippen molar-refractivity contribution < 1.29 is 19.2 Å². The number of hydrogen-bond donors (Lipinski definition) is 1. The van der Waals surface area contributed by atoms with E-state index in [1.165, 1.54) is 0 Å². The molecule has 8 nitrogen and oxygen atoms in total. The van der Waals surface area contributed by atoms with E-state index in [-0.39, 0.29) is 18.4 Å². The lowest BCUT2D eigenvalue weighted by molar-refractivity contribution is -0.142. The molecule has 0 aliphatic carbocycles. The Morgan fingerprint density at radius 2 is 1.97 bits per heavy atom. The zero-order valence-electron chi connectivity index (χ0n) is 16.6. The van der Waals surface area contributed by atoms with Crippen molar-refractivity contribution in [3.63, 3.8) is 0 Å². The smallest absolute Gasteiger partial charge is 0.269 e. The lowest BCUT2D eigenvalue weighted by Gasteiger charge is -2.38. The zero-order valence-corrected chi connectivity index (χ0v) is 16.6. The molecule has 0 bridgehead atoms. The van der Waals surface area contributed by atoms with E-state index in [0.29, 0.717) is 37.5 Å². The van der Waals surface area contributed by atoms with Crippen LogP contribution in [0.5, 0.6) is 5.75 Å². The number of hydrogen-bond acceptors (Lipinski definition) is 6. The van der Waals surface area contributed by atoms with Gasteiger partial charge in [-0.2, -0.15) is 0 Å². The van der Waals surface area contributed by atoms with Crippen molar-refractivity contribution in [2.45, 2.75) is 31.4 Å². The number of piperidine rings is 1. The van der Waals surface area contributed by atoms with Crippen molar-refractivity contribution in [1.82, 2.24) is 15.2 Å². The summed E-state index contributed by atoms with van der Waals surface area (Å²) >= 11 is 0. The minimum absolute atomic E-state index is 0.0276. The second-order valence-corrected chi connectivity index (χ2v) is 7.55. The first-order valence-electron chi connectivity index (χ1n) is 10.0. The zero-order chi connectivity index (χ0) is 20.8. The molecule has 2 aromatic rings. The van der Waals surface area contributed by atoms with Crippen LogP contribution in [0.25, 0.3) is 0 Å². The molecule has 1 aromatic heterocycles. The topological polar surface area (TPSA) is 93.1 Å². The van der Waals surface area contributed by atoms with Gasteiger partial charge in [0, 0.05) is 31.9 Å². The van der Waals surface area contributed by atoms with Gasteiger partial charge in [0.25, 0.3) is 11.8 Å². The molecule has 1 saturated heterocycles. The highest BCUT2D eigenvalue weighted by atomic mass is 16.7. The number of pyridine rings is 1. The molecule has 2 aliphatic rings. The highest BCUT2D eigenvalue weighted by Gasteiger charge is 2.45. The van der Waals surface area contributed by atoms with Gasteiger partial charge in [-0.05, 0) is 42.7 Å². The summed E-state index contributed by atoms with van der Waals surface area (Å²) in [6.07, 6.45) is 5.29. The number of nitrogens with one attached hydrogen (secondary N) is 1. The molecule has 3 heterocycles. The number of carbonyl (C=O) groups is 2. The van der Waals surface area contributed by atoms with Crippen LogP contribution in [0.15, 0.2) is 60.0 Å². The summed E-state index contributed by atoms with van der Waals surface area (Å²) in [7, 11) is 0. The number of carbonyl (C=O) groups excluding carboxylic acids is 2. The Morgan fingerprint density at radius 1 is 1.17 bits per heavy atom. The maximum atomic E-state index is 12.6. The number of aromatic nitrogens is 1. The van der Waals surface area contributed by atoms with Crippen molar-refractivity contribution in [2.24, 2.45) is 5.16 Å². The van der Waals surface area contributed by atoms with Gasteiger partial charge in [-0.25, -0.2) is 0 Å². The lowest BCUT2D eigenvalue weighted by Crippen LogP contribution is -2.52. The summed E-state index contributed by atoms with van der Waals surface area (Å²) in [6, 6.07) is 12.9. The first kappa shape index (κ1) is 19.9. The number of rotatable bonds is 6. The van der Waals surface area contributed by atoms with E-state index in [1.807, 2.05) is 42.5 Å². The van der Waals surface area contributed by atoms with Gasteiger partial charge in [0.2, 0.25) is 0 Å². The minimum atomic E-state index is -0.635. The van der Waals surface area contributed by atoms with Gasteiger partial charge < -0.3 is 19.8 Å². The molecule has 0 saturated carbocycles. The van der Waals surface area contributed by atoms with Crippen LogP contribution in [0.2, 0.25) is 0 Å². The standard InChI is InChI=1S/C22H24N4O4/c27-20(15-29-18-5-2-1-3-6-18)26-12-4-9-22(16-26)13-19(25-30-22)21(28)24-14-17-7-10-23-11-8-17/h1-3,5-8,10-11H,4,9,12-16H2,(H,24,28). The highest BCUT2D eigenvalue weighted by Crippen LogP contribution is 2.33. The summed E-state index contributed by atoms with van der Waals surface area (Å²) in [6.45, 7) is 1.41. The first-order chi connectivity index (χ1) is 14.6. The Morgan fingerprint density at radius 3 is 2.77 bits per heavy atom. The molecule has 156 valence electrons. The Kier molecular flexibility index (Phi) is 5.92. The van der Waals surface area contributed by atoms with Crippen LogP contribution in [0.1, 0.15) is 24.8 Å². The quantitative estimate of drug-likeness (QED) is 0.788. The molecule has 2 amide bonds. The van der Waals surface area contributed by atoms with E-state index < -0.39 is 5.60 Å². The molecule has 2 aliphatic heterocycles. The Balaban J connectivity index is 1.28. The molecule has 1 aromatic carbocycles. The van der Waals surface area contributed by atoms with E-state index in [1.54, 1.807) is 17.3 Å². The molecule has 4 rings (SSSR count). The predicted molar refractivity (Wildman–Crippen MR) is 110 cm³/mol. The molecular formula is C22H24N4O4. The van der Waals surface area contributed by atoms with Crippen LogP contribution < -0.4 is 10.1 Å². The summed E-state index contributed by atoms with van der Waals surface area (Å²) in [4.78, 5) is 36.5. The Hall–Kier alpha value is -3.42. The van der Waals surface area contributed by atoms with Crippen molar-refractivity contribution in [3.8, 4) is 5.75 Å². The summed E-state index contributed by atoms with van der Waals surface area (Å²) in [5, 5.41) is 6.89. The van der Waals surface area contributed by atoms with E-state index in [9.17, 15) is 9.59 Å². The van der Waals surface area contributed by atoms with Gasteiger partial charge in [0.05, 0.1) is 6.54 Å². The second-order valence-electron chi connectivity index (χ2n) is 7.55. The SMILES string of the molecule is O=C(NCc1ccncc1)C1=NOC2(CCCN(C(=O)COc3ccccc3)C2)C1. The third kappa shape index (κ3) is 4.76. The average molecular weight is 408 g/mol. The minimum Gasteiger partial charge on any atom is -0.484 e. The number of nitrogens with zero attached hydrogens (tertiary/aromatic N) is 3. The van der Waals surface area contributed by atoms with E-state index in [4.69, 9.17) is 9.57 Å². The number of amides is 2. The summed E-state index contributed by atoms with van der Waals surface area (Å²) < 4.78 is 5.58. The molecule has 30 heavy (non-hydrogen) atoms. The normalized spacial score (nSPS) is 20.4. The van der Waals surface area contributed by atoms with Crippen molar-refractivity contribution in [1.29, 1.82) is 0 Å². The van der Waals surface area contributed by atoms with Gasteiger partial charge in [-0.1, -0.05) is 23.4 Å². The van der Waals surface area contributed by atoms with E-state index in [0.717, 1.165) is 18.4 Å².